The second-order valence-corrected chi connectivity index (χ2v) is 8.65. The minimum Gasteiger partial charge on any atom is -0.368 e. The number of hydrogen-bond donors (Lipinski definition) is 2. The number of nitrogens with two attached hydrogens (primary N) is 1. The molecule has 1 atom stereocenters. The van der Waals surface area contributed by atoms with Gasteiger partial charge in [-0.2, -0.15) is 17.5 Å². The second kappa shape index (κ2) is 8.07. The zero-order valence-electron chi connectivity index (χ0n) is 15.5. The number of nitrogens with one attached hydrogen (secondary N) is 1. The Morgan fingerprint density at radius 2 is 1.67 bits per heavy atom. The molecule has 30 heavy (non-hydrogen) atoms. The van der Waals surface area contributed by atoms with Crippen molar-refractivity contribution in [2.75, 3.05) is 6.54 Å². The summed E-state index contributed by atoms with van der Waals surface area (Å²) in [7, 11) is -4.16. The van der Waals surface area contributed by atoms with E-state index in [0.29, 0.717) is 0 Å². The summed E-state index contributed by atoms with van der Waals surface area (Å²) < 4.78 is 63.9. The topological polar surface area (TPSA) is 110 Å². The number of carbonyl (C=O) groups is 2. The van der Waals surface area contributed by atoms with E-state index in [1.165, 1.54) is 0 Å². The number of rotatable bonds is 5. The number of sulfonamides is 1. The number of nitrogens with zero attached hydrogens (tertiary/aromatic N) is 1. The molecule has 11 heteroatoms. The third kappa shape index (κ3) is 4.62. The number of carbonyl (C=O) groups excluding carboxylic acids is 2. The van der Waals surface area contributed by atoms with Gasteiger partial charge in [0.15, 0.2) is 0 Å². The third-order valence-corrected chi connectivity index (χ3v) is 6.58. The van der Waals surface area contributed by atoms with Gasteiger partial charge < -0.3 is 11.1 Å². The van der Waals surface area contributed by atoms with Crippen molar-refractivity contribution in [3.05, 3.63) is 65.2 Å². The van der Waals surface area contributed by atoms with Crippen LogP contribution in [0.4, 0.5) is 13.2 Å². The maximum Gasteiger partial charge on any atom is 0.405 e. The van der Waals surface area contributed by atoms with Gasteiger partial charge in [-0.3, -0.25) is 9.59 Å². The molecular formula is C19H18F3N3O4S. The number of halogens is 3. The van der Waals surface area contributed by atoms with Crippen molar-refractivity contribution in [1.82, 2.24) is 9.62 Å². The van der Waals surface area contributed by atoms with Crippen molar-refractivity contribution >= 4 is 21.8 Å². The molecule has 7 nitrogen and oxygen atoms in total. The maximum absolute atomic E-state index is 13.1. The molecule has 0 aliphatic carbocycles. The first kappa shape index (κ1) is 21.8. The summed E-state index contributed by atoms with van der Waals surface area (Å²) in [6.07, 6.45) is -4.43. The molecule has 0 aromatic heterocycles. The Labute approximate surface area is 170 Å². The largest absolute Gasteiger partial charge is 0.405 e. The molecule has 0 saturated carbocycles. The standard InChI is InChI=1S/C19H18F3N3O4S/c20-19(21,22)11-24-18(27)12-5-7-15(8-6-12)30(28,29)25-10-14-4-2-1-3-13(14)9-16(25)17(23)26/h1-8,16H,9-11H2,(H2,23,26)(H,24,27)/t16-/m0/s1. The smallest absolute Gasteiger partial charge is 0.368 e. The lowest BCUT2D eigenvalue weighted by molar-refractivity contribution is -0.123. The highest BCUT2D eigenvalue weighted by Crippen LogP contribution is 2.29. The molecule has 2 aromatic rings. The van der Waals surface area contributed by atoms with Crippen LogP contribution in [0.2, 0.25) is 0 Å². The van der Waals surface area contributed by atoms with Crippen molar-refractivity contribution in [3.8, 4) is 0 Å². The quantitative estimate of drug-likeness (QED) is 0.734. The van der Waals surface area contributed by atoms with Crippen molar-refractivity contribution < 1.29 is 31.2 Å². The average molecular weight is 441 g/mol. The minimum absolute atomic E-state index is 0.0556. The maximum atomic E-state index is 13.1. The lowest BCUT2D eigenvalue weighted by atomic mass is 9.96. The van der Waals surface area contributed by atoms with Gasteiger partial charge >= 0.3 is 6.18 Å². The predicted molar refractivity (Wildman–Crippen MR) is 101 cm³/mol. The van der Waals surface area contributed by atoms with Gasteiger partial charge in [0.25, 0.3) is 5.91 Å². The van der Waals surface area contributed by atoms with Crippen molar-refractivity contribution in [2.45, 2.75) is 30.1 Å². The summed E-state index contributed by atoms with van der Waals surface area (Å²) in [5.41, 5.74) is 6.86. The summed E-state index contributed by atoms with van der Waals surface area (Å²) in [5.74, 6) is -1.78. The Bertz CT molecular complexity index is 1070. The zero-order valence-corrected chi connectivity index (χ0v) is 16.3. The van der Waals surface area contributed by atoms with Gasteiger partial charge in [0.05, 0.1) is 4.90 Å². The monoisotopic (exact) mass is 441 g/mol. The van der Waals surface area contributed by atoms with E-state index >= 15 is 0 Å². The number of benzene rings is 2. The number of primary amides is 1. The number of fused-ring (bicyclic) bond motifs is 1. The molecule has 0 radical (unpaired) electrons. The van der Waals surface area contributed by atoms with Gasteiger partial charge in [-0.25, -0.2) is 8.42 Å². The van der Waals surface area contributed by atoms with Crippen LogP contribution in [0.25, 0.3) is 0 Å². The molecule has 3 N–H and O–H groups in total. The van der Waals surface area contributed by atoms with E-state index in [1.807, 2.05) is 0 Å². The minimum atomic E-state index is -4.56. The molecule has 1 aliphatic rings. The lowest BCUT2D eigenvalue weighted by Crippen LogP contribution is -2.51. The molecule has 2 amide bonds. The fraction of sp³-hybridized carbons (Fsp3) is 0.263. The van der Waals surface area contributed by atoms with Crippen LogP contribution in [-0.2, 0) is 27.8 Å². The molecule has 1 heterocycles. The number of amides is 2. The van der Waals surface area contributed by atoms with E-state index < -0.39 is 40.6 Å². The van der Waals surface area contributed by atoms with E-state index in [0.717, 1.165) is 39.7 Å². The normalized spacial score (nSPS) is 17.2. The predicted octanol–water partition coefficient (Wildman–Crippen LogP) is 1.58. The average Bonchev–Trinajstić information content (AvgIpc) is 2.70. The van der Waals surface area contributed by atoms with E-state index in [4.69, 9.17) is 5.73 Å². The molecule has 2 aromatic carbocycles. The molecule has 160 valence electrons. The van der Waals surface area contributed by atoms with Crippen molar-refractivity contribution in [1.29, 1.82) is 0 Å². The highest BCUT2D eigenvalue weighted by atomic mass is 32.2. The van der Waals surface area contributed by atoms with Crippen LogP contribution >= 0.6 is 0 Å². The van der Waals surface area contributed by atoms with Crippen molar-refractivity contribution in [2.24, 2.45) is 5.73 Å². The molecule has 3 rings (SSSR count). The summed E-state index contributed by atoms with van der Waals surface area (Å²) in [5, 5.41) is 1.71. The van der Waals surface area contributed by atoms with E-state index in [1.54, 1.807) is 29.6 Å². The van der Waals surface area contributed by atoms with Crippen LogP contribution in [-0.4, -0.2) is 43.3 Å². The molecule has 0 spiro atoms. The summed E-state index contributed by atoms with van der Waals surface area (Å²) >= 11 is 0. The van der Waals surface area contributed by atoms with Crippen LogP contribution in [0.3, 0.4) is 0 Å². The van der Waals surface area contributed by atoms with Gasteiger partial charge in [0.1, 0.15) is 12.6 Å². The SMILES string of the molecule is NC(=O)[C@@H]1Cc2ccccc2CN1S(=O)(=O)c1ccc(C(=O)NCC(F)(F)F)cc1. The Kier molecular flexibility index (Phi) is 5.86. The third-order valence-electron chi connectivity index (χ3n) is 4.71. The molecule has 0 unspecified atom stereocenters. The Hall–Kier alpha value is -2.92. The first-order valence-corrected chi connectivity index (χ1v) is 10.3. The summed E-state index contributed by atoms with van der Waals surface area (Å²) in [6, 6.07) is 10.4. The molecule has 0 saturated heterocycles. The first-order chi connectivity index (χ1) is 14.0. The van der Waals surface area contributed by atoms with Gasteiger partial charge in [-0.1, -0.05) is 24.3 Å². The van der Waals surface area contributed by atoms with Crippen LogP contribution in [0.5, 0.6) is 0 Å². The van der Waals surface area contributed by atoms with E-state index in [9.17, 15) is 31.2 Å². The summed E-state index contributed by atoms with van der Waals surface area (Å²) in [6.45, 7) is -1.56. The number of alkyl halides is 3. The van der Waals surface area contributed by atoms with Gasteiger partial charge in [-0.05, 0) is 41.8 Å². The molecule has 0 fully saturated rings. The van der Waals surface area contributed by atoms with Gasteiger partial charge in [-0.15, -0.1) is 0 Å². The van der Waals surface area contributed by atoms with E-state index in [2.05, 4.69) is 0 Å². The van der Waals surface area contributed by atoms with Crippen LogP contribution in [0, 0.1) is 0 Å². The zero-order chi connectivity index (χ0) is 22.1. The number of hydrogen-bond acceptors (Lipinski definition) is 4. The first-order valence-electron chi connectivity index (χ1n) is 8.82. The van der Waals surface area contributed by atoms with E-state index in [-0.39, 0.29) is 23.4 Å². The fourth-order valence-electron chi connectivity index (χ4n) is 3.19. The summed E-state index contributed by atoms with van der Waals surface area (Å²) in [4.78, 5) is 23.5. The second-order valence-electron chi connectivity index (χ2n) is 6.76. The van der Waals surface area contributed by atoms with Crippen LogP contribution in [0.1, 0.15) is 21.5 Å². The Morgan fingerprint density at radius 1 is 1.07 bits per heavy atom. The Balaban J connectivity index is 1.85. The van der Waals surface area contributed by atoms with Crippen molar-refractivity contribution in [3.63, 3.8) is 0 Å². The van der Waals surface area contributed by atoms with Crippen LogP contribution < -0.4 is 11.1 Å². The molecule has 0 bridgehead atoms. The highest BCUT2D eigenvalue weighted by Gasteiger charge is 2.38. The highest BCUT2D eigenvalue weighted by molar-refractivity contribution is 7.89. The van der Waals surface area contributed by atoms with Crippen LogP contribution in [0.15, 0.2) is 53.4 Å². The molecule has 1 aliphatic heterocycles. The van der Waals surface area contributed by atoms with Gasteiger partial charge in [0.2, 0.25) is 15.9 Å². The lowest BCUT2D eigenvalue weighted by Gasteiger charge is -2.34. The fourth-order valence-corrected chi connectivity index (χ4v) is 4.76. The van der Waals surface area contributed by atoms with Gasteiger partial charge in [0, 0.05) is 12.1 Å². The molecular weight excluding hydrogens is 423 g/mol. The Morgan fingerprint density at radius 3 is 2.23 bits per heavy atom.